The fourth-order valence-electron chi connectivity index (χ4n) is 7.71. The van der Waals surface area contributed by atoms with E-state index >= 15 is 0 Å². The predicted molar refractivity (Wildman–Crippen MR) is 230 cm³/mol. The molecule has 0 aromatic rings. The number of carbonyl (C=O) groups is 3. The molecule has 0 aromatic heterocycles. The summed E-state index contributed by atoms with van der Waals surface area (Å²) in [6.07, 6.45) is 52.3. The summed E-state index contributed by atoms with van der Waals surface area (Å²) in [5, 5.41) is 17.1. The Morgan fingerprint density at radius 2 is 0.811 bits per heavy atom. The van der Waals surface area contributed by atoms with Gasteiger partial charge in [-0.3, -0.25) is 9.59 Å². The Morgan fingerprint density at radius 3 is 1.15 bits per heavy atom. The lowest BCUT2D eigenvalue weighted by molar-refractivity contribution is -0.123. The summed E-state index contributed by atoms with van der Waals surface area (Å²) in [6.45, 7) is 8.41. The van der Waals surface area contributed by atoms with Gasteiger partial charge in [-0.2, -0.15) is 0 Å². The van der Waals surface area contributed by atoms with Crippen molar-refractivity contribution in [2.75, 3.05) is 33.2 Å². The van der Waals surface area contributed by atoms with Crippen LogP contribution in [-0.4, -0.2) is 67.6 Å². The first-order valence-electron chi connectivity index (χ1n) is 23.0. The highest BCUT2D eigenvalue weighted by Gasteiger charge is 2.10. The highest BCUT2D eigenvalue weighted by Crippen LogP contribution is 2.25. The van der Waals surface area contributed by atoms with Gasteiger partial charge in [-0.25, -0.2) is 0 Å². The van der Waals surface area contributed by atoms with Gasteiger partial charge in [-0.15, -0.1) is 0 Å². The van der Waals surface area contributed by atoms with Crippen LogP contribution in [0, 0.1) is 5.92 Å². The van der Waals surface area contributed by atoms with Crippen LogP contribution in [0.15, 0.2) is 0 Å². The molecule has 7 nitrogen and oxygen atoms in total. The second kappa shape index (κ2) is 54.9. The SMILES string of the molecule is CC=O.CCCCCCCCC1CCCCCCCCCCCCCCCCCCCCCCN(CCCNC)CCCCCCC1.O=CO.O=CO. The average Bonchev–Trinajstić information content (AvgIpc) is 3.14. The molecule has 1 saturated heterocycles. The average molecular weight is 755 g/mol. The Labute approximate surface area is 331 Å². The molecule has 7 heteroatoms. The van der Waals surface area contributed by atoms with E-state index in [4.69, 9.17) is 24.6 Å². The van der Waals surface area contributed by atoms with Crippen LogP contribution < -0.4 is 5.32 Å². The number of carbonyl (C=O) groups excluding carboxylic acids is 1. The fraction of sp³-hybridized carbons (Fsp3) is 0.935. The number of unbranched alkanes of at least 4 members (excludes halogenated alkanes) is 5. The van der Waals surface area contributed by atoms with E-state index in [0.717, 1.165) is 18.7 Å². The molecule has 0 saturated carbocycles. The molecule has 3 N–H and O–H groups in total. The molecule has 1 atom stereocenters. The Kier molecular flexibility index (Phi) is 57.8. The van der Waals surface area contributed by atoms with E-state index in [1.165, 1.54) is 251 Å². The third kappa shape index (κ3) is 55.0. The first-order valence-corrected chi connectivity index (χ1v) is 23.0. The summed E-state index contributed by atoms with van der Waals surface area (Å²) in [7, 11) is 2.10. The van der Waals surface area contributed by atoms with Gasteiger partial charge in [0.1, 0.15) is 6.29 Å². The predicted octanol–water partition coefficient (Wildman–Crippen LogP) is 13.4. The van der Waals surface area contributed by atoms with Gasteiger partial charge in [0.25, 0.3) is 12.9 Å². The van der Waals surface area contributed by atoms with Gasteiger partial charge in [0, 0.05) is 0 Å². The summed E-state index contributed by atoms with van der Waals surface area (Å²) in [6, 6.07) is 0. The topological polar surface area (TPSA) is 107 Å². The summed E-state index contributed by atoms with van der Waals surface area (Å²) < 4.78 is 0. The van der Waals surface area contributed by atoms with Crippen molar-refractivity contribution in [2.45, 2.75) is 239 Å². The molecule has 1 aliphatic heterocycles. The number of hydrogen-bond acceptors (Lipinski definition) is 5. The zero-order valence-electron chi connectivity index (χ0n) is 36.0. The van der Waals surface area contributed by atoms with Crippen molar-refractivity contribution in [3.63, 3.8) is 0 Å². The zero-order valence-corrected chi connectivity index (χ0v) is 36.0. The molecule has 1 unspecified atom stereocenters. The largest absolute Gasteiger partial charge is 0.483 e. The first-order chi connectivity index (χ1) is 26.1. The van der Waals surface area contributed by atoms with Crippen LogP contribution in [-0.2, 0) is 14.4 Å². The van der Waals surface area contributed by atoms with E-state index in [1.54, 1.807) is 0 Å². The van der Waals surface area contributed by atoms with Crippen molar-refractivity contribution < 1.29 is 24.6 Å². The smallest absolute Gasteiger partial charge is 0.290 e. The molecule has 0 aliphatic carbocycles. The van der Waals surface area contributed by atoms with Crippen LogP contribution in [0.4, 0.5) is 0 Å². The van der Waals surface area contributed by atoms with E-state index in [1.807, 2.05) is 0 Å². The maximum absolute atomic E-state index is 8.81. The van der Waals surface area contributed by atoms with E-state index in [2.05, 4.69) is 24.2 Å². The van der Waals surface area contributed by atoms with Gasteiger partial charge in [0.15, 0.2) is 0 Å². The van der Waals surface area contributed by atoms with Crippen molar-refractivity contribution in [3.8, 4) is 0 Å². The lowest BCUT2D eigenvalue weighted by Crippen LogP contribution is -2.29. The molecule has 318 valence electrons. The van der Waals surface area contributed by atoms with Gasteiger partial charge >= 0.3 is 0 Å². The monoisotopic (exact) mass is 755 g/mol. The molecule has 0 aromatic carbocycles. The zero-order chi connectivity index (χ0) is 39.6. The Morgan fingerprint density at radius 1 is 0.509 bits per heavy atom. The lowest BCUT2D eigenvalue weighted by Gasteiger charge is -2.22. The van der Waals surface area contributed by atoms with E-state index < -0.39 is 0 Å². The molecule has 1 rings (SSSR count). The summed E-state index contributed by atoms with van der Waals surface area (Å²) in [5.41, 5.74) is 0. The molecule has 1 heterocycles. The van der Waals surface area contributed by atoms with Crippen molar-refractivity contribution in [1.29, 1.82) is 0 Å². The molecule has 1 aliphatic rings. The van der Waals surface area contributed by atoms with Crippen LogP contribution in [0.5, 0.6) is 0 Å². The van der Waals surface area contributed by atoms with Crippen molar-refractivity contribution in [3.05, 3.63) is 0 Å². The third-order valence-electron chi connectivity index (χ3n) is 10.8. The number of carboxylic acid groups (broad SMARTS) is 2. The minimum atomic E-state index is -0.250. The molecule has 0 radical (unpaired) electrons. The lowest BCUT2D eigenvalue weighted by atomic mass is 9.89. The Bertz CT molecular complexity index is 652. The minimum Gasteiger partial charge on any atom is -0.483 e. The van der Waals surface area contributed by atoms with Crippen molar-refractivity contribution >= 4 is 19.2 Å². The molecule has 1 fully saturated rings. The van der Waals surface area contributed by atoms with Gasteiger partial charge in [0.05, 0.1) is 0 Å². The number of hydrogen-bond donors (Lipinski definition) is 3. The maximum Gasteiger partial charge on any atom is 0.290 e. The maximum atomic E-state index is 8.81. The molecule has 0 amide bonds. The summed E-state index contributed by atoms with van der Waals surface area (Å²) >= 11 is 0. The number of aldehydes is 1. The highest BCUT2D eigenvalue weighted by atomic mass is 16.3. The molecule has 0 bridgehead atoms. The van der Waals surface area contributed by atoms with Crippen LogP contribution in [0.2, 0.25) is 0 Å². The van der Waals surface area contributed by atoms with E-state index in [0.29, 0.717) is 0 Å². The first kappa shape index (κ1) is 55.9. The second-order valence-corrected chi connectivity index (χ2v) is 15.6. The standard InChI is InChI=1S/C42H86N2.C2H4O.2CH2O2/c1-3-4-5-6-24-29-35-42-36-30-25-21-19-17-15-13-11-9-7-8-10-12-14-16-18-20-22-27-32-39-44(41-34-38-43-2)40-33-28-23-26-31-37-42;1-2-3;2*2-1-3/h42-43H,3-41H2,1-2H3;2H,1H3;2*1H,(H,2,3). The summed E-state index contributed by atoms with van der Waals surface area (Å²) in [5.74, 6) is 1.02. The van der Waals surface area contributed by atoms with E-state index in [-0.39, 0.29) is 12.9 Å². The highest BCUT2D eigenvalue weighted by molar-refractivity contribution is 5.44. The van der Waals surface area contributed by atoms with Gasteiger partial charge in [-0.1, -0.05) is 212 Å². The third-order valence-corrected chi connectivity index (χ3v) is 10.8. The van der Waals surface area contributed by atoms with E-state index in [9.17, 15) is 0 Å². The van der Waals surface area contributed by atoms with Gasteiger partial charge < -0.3 is 25.2 Å². The minimum absolute atomic E-state index is 0.250. The molecule has 0 spiro atoms. The number of rotatable bonds is 11. The van der Waals surface area contributed by atoms with Crippen molar-refractivity contribution in [2.24, 2.45) is 5.92 Å². The fourth-order valence-corrected chi connectivity index (χ4v) is 7.71. The van der Waals surface area contributed by atoms with Crippen LogP contribution in [0.25, 0.3) is 0 Å². The van der Waals surface area contributed by atoms with Crippen molar-refractivity contribution in [1.82, 2.24) is 10.2 Å². The van der Waals surface area contributed by atoms with Crippen LogP contribution in [0.3, 0.4) is 0 Å². The van der Waals surface area contributed by atoms with Crippen LogP contribution in [0.1, 0.15) is 239 Å². The van der Waals surface area contributed by atoms with Gasteiger partial charge in [-0.05, 0) is 65.3 Å². The quantitative estimate of drug-likeness (QED) is 0.142. The van der Waals surface area contributed by atoms with Gasteiger partial charge in [0.2, 0.25) is 0 Å². The Hall–Kier alpha value is -1.47. The second-order valence-electron chi connectivity index (χ2n) is 15.6. The molecule has 53 heavy (non-hydrogen) atoms. The molecular weight excluding hydrogens is 661 g/mol. The Balaban J connectivity index is -0.00000250. The normalized spacial score (nSPS) is 19.5. The molecular formula is C46H94N2O5. The number of nitrogens with zero attached hydrogens (tertiary/aromatic N) is 1. The van der Waals surface area contributed by atoms with Crippen LogP contribution >= 0.6 is 0 Å². The summed E-state index contributed by atoms with van der Waals surface area (Å²) in [4.78, 5) is 28.3. The number of nitrogens with one attached hydrogen (secondary N) is 1.